The molecular weight excluding hydrogens is 222 g/mol. The van der Waals surface area contributed by atoms with Gasteiger partial charge in [0.1, 0.15) is 5.75 Å². The predicted molar refractivity (Wildman–Crippen MR) is 76.5 cm³/mol. The molecule has 1 fully saturated rings. The second-order valence-corrected chi connectivity index (χ2v) is 5.93. The van der Waals surface area contributed by atoms with Crippen LogP contribution in [0.25, 0.3) is 0 Å². The average Bonchev–Trinajstić information content (AvgIpc) is 2.38. The van der Waals surface area contributed by atoms with Gasteiger partial charge in [0.15, 0.2) is 0 Å². The van der Waals surface area contributed by atoms with Gasteiger partial charge in [-0.15, -0.1) is 0 Å². The zero-order valence-corrected chi connectivity index (χ0v) is 12.0. The van der Waals surface area contributed by atoms with E-state index in [0.29, 0.717) is 5.92 Å². The van der Waals surface area contributed by atoms with Crippen LogP contribution < -0.4 is 10.1 Å². The molecule has 2 heteroatoms. The summed E-state index contributed by atoms with van der Waals surface area (Å²) in [7, 11) is 1.78. The first kappa shape index (κ1) is 13.4. The molecule has 0 radical (unpaired) electrons. The molecule has 1 N–H and O–H groups in total. The minimum absolute atomic E-state index is 0.251. The third kappa shape index (κ3) is 2.54. The van der Waals surface area contributed by atoms with Crippen LogP contribution in [0.4, 0.5) is 0 Å². The van der Waals surface area contributed by atoms with E-state index in [9.17, 15) is 0 Å². The predicted octanol–water partition coefficient (Wildman–Crippen LogP) is 3.46. The van der Waals surface area contributed by atoms with E-state index >= 15 is 0 Å². The monoisotopic (exact) mass is 247 g/mol. The summed E-state index contributed by atoms with van der Waals surface area (Å²) in [5.41, 5.74) is 3.05. The third-order valence-electron chi connectivity index (χ3n) is 4.25. The van der Waals surface area contributed by atoms with Crippen LogP contribution in [0, 0.1) is 0 Å². The van der Waals surface area contributed by atoms with Gasteiger partial charge in [0.25, 0.3) is 0 Å². The van der Waals surface area contributed by atoms with Crippen LogP contribution in [-0.2, 0) is 5.41 Å². The summed E-state index contributed by atoms with van der Waals surface area (Å²) in [6, 6.07) is 6.68. The summed E-state index contributed by atoms with van der Waals surface area (Å²) < 4.78 is 5.58. The number of nitrogens with one attached hydrogen (secondary N) is 1. The molecule has 0 spiro atoms. The highest BCUT2D eigenvalue weighted by Gasteiger charge is 2.31. The number of benzene rings is 1. The molecule has 0 aromatic heterocycles. The first-order chi connectivity index (χ1) is 8.57. The van der Waals surface area contributed by atoms with Crippen molar-refractivity contribution in [3.63, 3.8) is 0 Å². The lowest BCUT2D eigenvalue weighted by Gasteiger charge is -2.36. The van der Waals surface area contributed by atoms with Crippen LogP contribution >= 0.6 is 0 Å². The van der Waals surface area contributed by atoms with E-state index in [0.717, 1.165) is 18.8 Å². The summed E-state index contributed by atoms with van der Waals surface area (Å²) in [5, 5.41) is 3.44. The number of ether oxygens (including phenoxy) is 1. The van der Waals surface area contributed by atoms with Crippen molar-refractivity contribution in [3.05, 3.63) is 29.3 Å². The maximum absolute atomic E-state index is 5.58. The molecule has 1 saturated heterocycles. The Hall–Kier alpha value is -1.02. The van der Waals surface area contributed by atoms with Crippen LogP contribution in [0.5, 0.6) is 5.75 Å². The van der Waals surface area contributed by atoms with Gasteiger partial charge >= 0.3 is 0 Å². The summed E-state index contributed by atoms with van der Waals surface area (Å²) in [4.78, 5) is 0. The molecule has 0 atom stereocenters. The van der Waals surface area contributed by atoms with Crippen molar-refractivity contribution >= 4 is 0 Å². The standard InChI is InChI=1S/C16H25NO/c1-12(2)13-5-6-15(18-4)14(11-13)16(3)7-9-17-10-8-16/h5-6,11-12,17H,7-10H2,1-4H3. The Morgan fingerprint density at radius 3 is 2.44 bits per heavy atom. The van der Waals surface area contributed by atoms with Gasteiger partial charge in [0.05, 0.1) is 7.11 Å². The highest BCUT2D eigenvalue weighted by molar-refractivity contribution is 5.43. The van der Waals surface area contributed by atoms with E-state index in [1.54, 1.807) is 7.11 Å². The molecule has 100 valence electrons. The lowest BCUT2D eigenvalue weighted by Crippen LogP contribution is -2.38. The fourth-order valence-corrected chi connectivity index (χ4v) is 2.80. The maximum Gasteiger partial charge on any atom is 0.122 e. The Labute approximate surface area is 111 Å². The Morgan fingerprint density at radius 2 is 1.89 bits per heavy atom. The smallest absolute Gasteiger partial charge is 0.122 e. The second-order valence-electron chi connectivity index (χ2n) is 5.93. The number of hydrogen-bond donors (Lipinski definition) is 1. The molecule has 1 aromatic carbocycles. The molecule has 0 saturated carbocycles. The fraction of sp³-hybridized carbons (Fsp3) is 0.625. The van der Waals surface area contributed by atoms with E-state index in [-0.39, 0.29) is 5.41 Å². The Balaban J connectivity index is 2.42. The highest BCUT2D eigenvalue weighted by atomic mass is 16.5. The summed E-state index contributed by atoms with van der Waals surface area (Å²) in [5.74, 6) is 1.61. The summed E-state index contributed by atoms with van der Waals surface area (Å²) in [6.45, 7) is 9.07. The average molecular weight is 247 g/mol. The van der Waals surface area contributed by atoms with Crippen LogP contribution in [-0.4, -0.2) is 20.2 Å². The first-order valence-electron chi connectivity index (χ1n) is 6.96. The van der Waals surface area contributed by atoms with E-state index < -0.39 is 0 Å². The van der Waals surface area contributed by atoms with E-state index in [4.69, 9.17) is 4.74 Å². The van der Waals surface area contributed by atoms with Crippen molar-refractivity contribution in [2.45, 2.75) is 44.9 Å². The van der Waals surface area contributed by atoms with Crippen molar-refractivity contribution in [3.8, 4) is 5.75 Å². The normalized spacial score (nSPS) is 18.9. The molecule has 0 unspecified atom stereocenters. The van der Waals surface area contributed by atoms with Gasteiger partial charge in [-0.25, -0.2) is 0 Å². The van der Waals surface area contributed by atoms with E-state index in [1.807, 2.05) is 0 Å². The van der Waals surface area contributed by atoms with Crippen molar-refractivity contribution in [1.29, 1.82) is 0 Å². The molecular formula is C16H25NO. The van der Waals surface area contributed by atoms with Crippen molar-refractivity contribution in [1.82, 2.24) is 5.32 Å². The van der Waals surface area contributed by atoms with E-state index in [2.05, 4.69) is 44.3 Å². The molecule has 2 nitrogen and oxygen atoms in total. The quantitative estimate of drug-likeness (QED) is 0.883. The number of piperidine rings is 1. The Kier molecular flexibility index (Phi) is 3.96. The molecule has 0 aliphatic carbocycles. The summed E-state index contributed by atoms with van der Waals surface area (Å²) in [6.07, 6.45) is 2.37. The zero-order valence-electron chi connectivity index (χ0n) is 12.0. The van der Waals surface area contributed by atoms with Gasteiger partial charge in [-0.3, -0.25) is 0 Å². The second kappa shape index (κ2) is 5.31. The zero-order chi connectivity index (χ0) is 13.2. The molecule has 0 bridgehead atoms. The largest absolute Gasteiger partial charge is 0.496 e. The van der Waals surface area contributed by atoms with Gasteiger partial charge in [-0.1, -0.05) is 32.9 Å². The van der Waals surface area contributed by atoms with Gasteiger partial charge in [-0.2, -0.15) is 0 Å². The lowest BCUT2D eigenvalue weighted by atomic mass is 9.74. The van der Waals surface area contributed by atoms with Gasteiger partial charge in [-0.05, 0) is 48.9 Å². The van der Waals surface area contributed by atoms with Gasteiger partial charge < -0.3 is 10.1 Å². The number of methoxy groups -OCH3 is 1. The van der Waals surface area contributed by atoms with Crippen molar-refractivity contribution in [2.75, 3.05) is 20.2 Å². The van der Waals surface area contributed by atoms with Gasteiger partial charge in [0.2, 0.25) is 0 Å². The van der Waals surface area contributed by atoms with Crippen molar-refractivity contribution < 1.29 is 4.74 Å². The lowest BCUT2D eigenvalue weighted by molar-refractivity contribution is 0.317. The van der Waals surface area contributed by atoms with Gasteiger partial charge in [0, 0.05) is 5.56 Å². The molecule has 1 aliphatic rings. The van der Waals surface area contributed by atoms with Crippen LogP contribution in [0.15, 0.2) is 18.2 Å². The minimum atomic E-state index is 0.251. The first-order valence-corrected chi connectivity index (χ1v) is 6.96. The molecule has 1 aromatic rings. The van der Waals surface area contributed by atoms with E-state index in [1.165, 1.54) is 24.0 Å². The molecule has 1 aliphatic heterocycles. The van der Waals surface area contributed by atoms with Crippen LogP contribution in [0.2, 0.25) is 0 Å². The van der Waals surface area contributed by atoms with Crippen LogP contribution in [0.1, 0.15) is 50.7 Å². The van der Waals surface area contributed by atoms with Crippen LogP contribution in [0.3, 0.4) is 0 Å². The maximum atomic E-state index is 5.58. The Bertz CT molecular complexity index is 406. The molecule has 2 rings (SSSR count). The third-order valence-corrected chi connectivity index (χ3v) is 4.25. The number of rotatable bonds is 3. The molecule has 0 amide bonds. The minimum Gasteiger partial charge on any atom is -0.496 e. The molecule has 1 heterocycles. The number of hydrogen-bond acceptors (Lipinski definition) is 2. The fourth-order valence-electron chi connectivity index (χ4n) is 2.80. The summed E-state index contributed by atoms with van der Waals surface area (Å²) >= 11 is 0. The highest BCUT2D eigenvalue weighted by Crippen LogP contribution is 2.39. The Morgan fingerprint density at radius 1 is 1.22 bits per heavy atom. The SMILES string of the molecule is COc1ccc(C(C)C)cc1C1(C)CCNCC1. The van der Waals surface area contributed by atoms with Crippen molar-refractivity contribution in [2.24, 2.45) is 0 Å². The topological polar surface area (TPSA) is 21.3 Å². The molecule has 18 heavy (non-hydrogen) atoms.